The highest BCUT2D eigenvalue weighted by atomic mass is 32.1. The van der Waals surface area contributed by atoms with Crippen LogP contribution in [0.25, 0.3) is 31.3 Å². The lowest BCUT2D eigenvalue weighted by Crippen LogP contribution is -2.27. The molecule has 11 rings (SSSR count). The molecule has 0 aliphatic heterocycles. The summed E-state index contributed by atoms with van der Waals surface area (Å²) >= 11 is 1.89. The van der Waals surface area contributed by atoms with E-state index in [2.05, 4.69) is 204 Å². The van der Waals surface area contributed by atoms with Crippen LogP contribution in [0.1, 0.15) is 35.1 Å². The number of nitrogens with zero attached hydrogens (tertiary/aromatic N) is 2. The van der Waals surface area contributed by atoms with E-state index in [9.17, 15) is 0 Å². The molecule has 3 heteroatoms. The summed E-state index contributed by atoms with van der Waals surface area (Å²) in [5.74, 6) is 0. The maximum Gasteiger partial charge on any atom is 0.0505 e. The average Bonchev–Trinajstić information content (AvgIpc) is 3.96. The van der Waals surface area contributed by atoms with Gasteiger partial charge in [0.2, 0.25) is 0 Å². The van der Waals surface area contributed by atoms with Crippen LogP contribution in [0.4, 0.5) is 34.1 Å². The Hall–Kier alpha value is -6.42. The van der Waals surface area contributed by atoms with Crippen molar-refractivity contribution in [3.63, 3.8) is 0 Å². The van der Waals surface area contributed by atoms with Crippen molar-refractivity contribution in [3.8, 4) is 11.1 Å². The number of rotatable bonds is 7. The lowest BCUT2D eigenvalue weighted by atomic mass is 9.74. The number of anilines is 6. The van der Waals surface area contributed by atoms with E-state index in [1.165, 1.54) is 87.7 Å². The minimum absolute atomic E-state index is 0.135. The predicted octanol–water partition coefficient (Wildman–Crippen LogP) is 14.8. The van der Waals surface area contributed by atoms with Crippen LogP contribution in [0, 0.1) is 0 Å². The van der Waals surface area contributed by atoms with Crippen molar-refractivity contribution >= 4 is 65.6 Å². The Morgan fingerprint density at radius 3 is 1.48 bits per heavy atom. The molecule has 2 aliphatic carbocycles. The molecule has 0 amide bonds. The Kier molecular flexibility index (Phi) is 7.89. The third-order valence-corrected chi connectivity index (χ3v) is 13.4. The van der Waals surface area contributed by atoms with E-state index in [1.54, 1.807) is 0 Å². The van der Waals surface area contributed by atoms with Gasteiger partial charge in [0.1, 0.15) is 0 Å². The molecule has 1 heterocycles. The molecule has 9 aromatic rings. The van der Waals surface area contributed by atoms with E-state index in [1.807, 2.05) is 11.3 Å². The molecule has 1 atom stereocenters. The standard InChI is InChI=1S/C53H40N2S/c1-4-14-37(15-5-1)38-26-28-43(29-27-38)54(41-18-6-2-7-19-41)47-23-12-16-39-32-34-53(51(39)47)35-33-40-17-13-24-48(52(40)53)55(42-20-8-3-9-21-42)44-30-31-46-45-22-10-11-25-49(45)56-50(46)36-44/h1-31,36H,32-35H2/t53-/m1/s1. The third kappa shape index (κ3) is 5.30. The van der Waals surface area contributed by atoms with Gasteiger partial charge >= 0.3 is 0 Å². The number of fused-ring (bicyclic) bond motifs is 7. The monoisotopic (exact) mass is 736 g/mol. The summed E-state index contributed by atoms with van der Waals surface area (Å²) in [4.78, 5) is 5.04. The fraction of sp³-hybridized carbons (Fsp3) is 0.0943. The highest BCUT2D eigenvalue weighted by Crippen LogP contribution is 2.60. The Labute approximate surface area is 332 Å². The Bertz CT molecular complexity index is 2860. The maximum atomic E-state index is 2.54. The molecule has 0 unspecified atom stereocenters. The summed E-state index contributed by atoms with van der Waals surface area (Å²) in [6.07, 6.45) is 4.31. The fourth-order valence-corrected chi connectivity index (χ4v) is 10.9. The quantitative estimate of drug-likeness (QED) is 0.161. The molecule has 0 radical (unpaired) electrons. The molecule has 0 bridgehead atoms. The first kappa shape index (κ1) is 33.0. The van der Waals surface area contributed by atoms with Crippen LogP contribution in [-0.4, -0.2) is 0 Å². The molecule has 268 valence electrons. The van der Waals surface area contributed by atoms with Gasteiger partial charge < -0.3 is 9.80 Å². The second-order valence-corrected chi connectivity index (χ2v) is 16.3. The summed E-state index contributed by atoms with van der Waals surface area (Å²) in [6, 6.07) is 71.7. The smallest absolute Gasteiger partial charge is 0.0505 e. The van der Waals surface area contributed by atoms with Crippen molar-refractivity contribution in [2.75, 3.05) is 9.80 Å². The second-order valence-electron chi connectivity index (χ2n) is 15.2. The summed E-state index contributed by atoms with van der Waals surface area (Å²) in [5.41, 5.74) is 15.5. The van der Waals surface area contributed by atoms with Crippen molar-refractivity contribution in [3.05, 3.63) is 216 Å². The molecule has 1 aromatic heterocycles. The third-order valence-electron chi connectivity index (χ3n) is 12.2. The minimum atomic E-state index is -0.135. The first-order valence-corrected chi connectivity index (χ1v) is 20.6. The van der Waals surface area contributed by atoms with Crippen molar-refractivity contribution in [1.29, 1.82) is 0 Å². The zero-order chi connectivity index (χ0) is 37.1. The molecular formula is C53H40N2S. The number of aryl methyl sites for hydroxylation is 2. The number of benzene rings is 8. The van der Waals surface area contributed by atoms with Crippen LogP contribution in [0.2, 0.25) is 0 Å². The summed E-state index contributed by atoms with van der Waals surface area (Å²) in [7, 11) is 0. The molecule has 8 aromatic carbocycles. The fourth-order valence-electron chi connectivity index (χ4n) is 9.81. The van der Waals surface area contributed by atoms with E-state index in [0.717, 1.165) is 25.7 Å². The normalized spacial score (nSPS) is 15.6. The Morgan fingerprint density at radius 2 is 0.857 bits per heavy atom. The molecule has 0 saturated carbocycles. The molecule has 0 fully saturated rings. The highest BCUT2D eigenvalue weighted by molar-refractivity contribution is 7.25. The molecule has 2 aliphatic rings. The van der Waals surface area contributed by atoms with Crippen LogP contribution >= 0.6 is 11.3 Å². The van der Waals surface area contributed by atoms with Gasteiger partial charge in [-0.1, -0.05) is 127 Å². The average molecular weight is 737 g/mol. The van der Waals surface area contributed by atoms with E-state index in [0.29, 0.717) is 0 Å². The van der Waals surface area contributed by atoms with Gasteiger partial charge in [0.05, 0.1) is 11.4 Å². The zero-order valence-electron chi connectivity index (χ0n) is 31.1. The lowest BCUT2D eigenvalue weighted by molar-refractivity contribution is 0.508. The number of hydrogen-bond acceptors (Lipinski definition) is 3. The van der Waals surface area contributed by atoms with Crippen molar-refractivity contribution < 1.29 is 0 Å². The van der Waals surface area contributed by atoms with E-state index < -0.39 is 0 Å². The second kappa shape index (κ2) is 13.4. The van der Waals surface area contributed by atoms with E-state index in [4.69, 9.17) is 0 Å². The maximum absolute atomic E-state index is 2.54. The van der Waals surface area contributed by atoms with Crippen molar-refractivity contribution in [1.82, 2.24) is 0 Å². The predicted molar refractivity (Wildman–Crippen MR) is 238 cm³/mol. The van der Waals surface area contributed by atoms with Crippen LogP contribution in [-0.2, 0) is 18.3 Å². The van der Waals surface area contributed by atoms with Gasteiger partial charge in [-0.3, -0.25) is 0 Å². The van der Waals surface area contributed by atoms with Gasteiger partial charge in [-0.15, -0.1) is 11.3 Å². The van der Waals surface area contributed by atoms with Crippen LogP contribution in [0.15, 0.2) is 194 Å². The molecule has 0 saturated heterocycles. The summed E-state index contributed by atoms with van der Waals surface area (Å²) < 4.78 is 2.65. The van der Waals surface area contributed by atoms with Crippen LogP contribution < -0.4 is 9.80 Å². The van der Waals surface area contributed by atoms with Gasteiger partial charge in [-0.25, -0.2) is 0 Å². The topological polar surface area (TPSA) is 6.48 Å². The van der Waals surface area contributed by atoms with Gasteiger partial charge in [0, 0.05) is 48.3 Å². The first-order valence-electron chi connectivity index (χ1n) is 19.8. The van der Waals surface area contributed by atoms with Crippen LogP contribution in [0.5, 0.6) is 0 Å². The van der Waals surface area contributed by atoms with Crippen molar-refractivity contribution in [2.24, 2.45) is 0 Å². The Morgan fingerprint density at radius 1 is 0.375 bits per heavy atom. The van der Waals surface area contributed by atoms with E-state index >= 15 is 0 Å². The van der Waals surface area contributed by atoms with Gasteiger partial charge in [0.15, 0.2) is 0 Å². The lowest BCUT2D eigenvalue weighted by Gasteiger charge is -2.37. The molecule has 56 heavy (non-hydrogen) atoms. The van der Waals surface area contributed by atoms with Gasteiger partial charge in [0.25, 0.3) is 0 Å². The largest absolute Gasteiger partial charge is 0.310 e. The van der Waals surface area contributed by atoms with E-state index in [-0.39, 0.29) is 5.41 Å². The molecule has 0 N–H and O–H groups in total. The zero-order valence-corrected chi connectivity index (χ0v) is 31.9. The molecular weight excluding hydrogens is 697 g/mol. The summed E-state index contributed by atoms with van der Waals surface area (Å²) in [5, 5.41) is 2.65. The van der Waals surface area contributed by atoms with Gasteiger partial charge in [-0.05, 0) is 126 Å². The minimum Gasteiger partial charge on any atom is -0.310 e. The highest BCUT2D eigenvalue weighted by Gasteiger charge is 2.49. The molecule has 2 nitrogen and oxygen atoms in total. The molecule has 1 spiro atoms. The van der Waals surface area contributed by atoms with Crippen molar-refractivity contribution in [2.45, 2.75) is 31.1 Å². The van der Waals surface area contributed by atoms with Gasteiger partial charge in [-0.2, -0.15) is 0 Å². The number of hydrogen-bond donors (Lipinski definition) is 0. The first-order chi connectivity index (χ1) is 27.7. The summed E-state index contributed by atoms with van der Waals surface area (Å²) in [6.45, 7) is 0. The Balaban J connectivity index is 1.10. The number of para-hydroxylation sites is 2. The number of thiophene rings is 1. The SMILES string of the molecule is c1ccc(-c2ccc(N(c3ccccc3)c3cccc4c3[C@@]3(CC4)CCc4cccc(N(c5ccccc5)c5ccc6c(c5)sc5ccccc56)c43)cc2)cc1. The van der Waals surface area contributed by atoms with Crippen LogP contribution in [0.3, 0.4) is 0 Å².